The Morgan fingerprint density at radius 3 is 2.48 bits per heavy atom. The number of morpholine rings is 1. The normalized spacial score (nSPS) is 21.2. The topological polar surface area (TPSA) is 62.8 Å². The predicted molar refractivity (Wildman–Crippen MR) is 98.8 cm³/mol. The third-order valence-corrected chi connectivity index (χ3v) is 4.19. The molecule has 0 radical (unpaired) electrons. The molecular weight excluding hydrogens is 318 g/mol. The Bertz CT molecular complexity index is 511. The number of carbonyl (C=O) groups excluding carboxylic acids is 1. The van der Waals surface area contributed by atoms with Gasteiger partial charge < -0.3 is 20.1 Å². The maximum Gasteiger partial charge on any atom is 0.251 e. The second-order valence-corrected chi connectivity index (χ2v) is 6.65. The molecule has 140 valence electrons. The monoisotopic (exact) mass is 349 g/mol. The van der Waals surface area contributed by atoms with E-state index in [2.05, 4.69) is 29.4 Å². The molecule has 0 aliphatic carbocycles. The molecule has 0 bridgehead atoms. The summed E-state index contributed by atoms with van der Waals surface area (Å²) in [5.74, 6) is -0.0336. The molecule has 6 nitrogen and oxygen atoms in total. The van der Waals surface area contributed by atoms with E-state index in [0.717, 1.165) is 32.7 Å². The largest absolute Gasteiger partial charge is 0.383 e. The smallest absolute Gasteiger partial charge is 0.251 e. The van der Waals surface area contributed by atoms with Crippen LogP contribution in [0.1, 0.15) is 29.8 Å². The standard InChI is InChI=1S/C19H31N3O3/c1-15-12-22(13-16(2)25-15)14-17-4-6-18(7-5-17)19(23)21-9-8-20-10-11-24-3/h4-7,15-16,20H,8-14H2,1-3H3,(H,21,23). The van der Waals surface area contributed by atoms with E-state index in [1.54, 1.807) is 7.11 Å². The van der Waals surface area contributed by atoms with E-state index in [-0.39, 0.29) is 18.1 Å². The van der Waals surface area contributed by atoms with E-state index >= 15 is 0 Å². The fraction of sp³-hybridized carbons (Fsp3) is 0.632. The van der Waals surface area contributed by atoms with Gasteiger partial charge in [-0.2, -0.15) is 0 Å². The summed E-state index contributed by atoms with van der Waals surface area (Å²) in [4.78, 5) is 14.5. The molecular formula is C19H31N3O3. The highest BCUT2D eigenvalue weighted by atomic mass is 16.5. The van der Waals surface area contributed by atoms with Crippen LogP contribution in [0.15, 0.2) is 24.3 Å². The first-order valence-corrected chi connectivity index (χ1v) is 9.03. The van der Waals surface area contributed by atoms with Crippen molar-refractivity contribution in [3.05, 3.63) is 35.4 Å². The Kier molecular flexibility index (Phi) is 8.34. The fourth-order valence-electron chi connectivity index (χ4n) is 3.10. The van der Waals surface area contributed by atoms with Crippen molar-refractivity contribution in [2.75, 3.05) is 46.4 Å². The number of rotatable bonds is 9. The lowest BCUT2D eigenvalue weighted by Gasteiger charge is -2.35. The molecule has 1 fully saturated rings. The summed E-state index contributed by atoms with van der Waals surface area (Å²) in [6, 6.07) is 7.87. The second-order valence-electron chi connectivity index (χ2n) is 6.65. The molecule has 2 N–H and O–H groups in total. The van der Waals surface area contributed by atoms with Gasteiger partial charge in [0, 0.05) is 51.9 Å². The van der Waals surface area contributed by atoms with Crippen molar-refractivity contribution < 1.29 is 14.3 Å². The van der Waals surface area contributed by atoms with Gasteiger partial charge in [-0.15, -0.1) is 0 Å². The zero-order chi connectivity index (χ0) is 18.1. The van der Waals surface area contributed by atoms with Crippen molar-refractivity contribution in [2.45, 2.75) is 32.6 Å². The highest BCUT2D eigenvalue weighted by Gasteiger charge is 2.22. The molecule has 1 aromatic carbocycles. The molecule has 1 heterocycles. The molecule has 6 heteroatoms. The van der Waals surface area contributed by atoms with Gasteiger partial charge in [-0.25, -0.2) is 0 Å². The van der Waals surface area contributed by atoms with E-state index in [1.165, 1.54) is 5.56 Å². The Balaban J connectivity index is 1.74. The number of nitrogens with one attached hydrogen (secondary N) is 2. The van der Waals surface area contributed by atoms with Crippen LogP contribution in [0.2, 0.25) is 0 Å². The SMILES string of the molecule is COCCNCCNC(=O)c1ccc(CN2CC(C)OC(C)C2)cc1. The number of methoxy groups -OCH3 is 1. The minimum Gasteiger partial charge on any atom is -0.383 e. The Hall–Kier alpha value is -1.47. The summed E-state index contributed by atoms with van der Waals surface area (Å²) in [5.41, 5.74) is 1.92. The van der Waals surface area contributed by atoms with Crippen molar-refractivity contribution in [3.63, 3.8) is 0 Å². The van der Waals surface area contributed by atoms with Crippen LogP contribution in [-0.2, 0) is 16.0 Å². The first-order valence-electron chi connectivity index (χ1n) is 9.03. The molecule has 0 spiro atoms. The summed E-state index contributed by atoms with van der Waals surface area (Å²) in [6.07, 6.45) is 0.539. The summed E-state index contributed by atoms with van der Waals surface area (Å²) in [5, 5.41) is 6.12. The van der Waals surface area contributed by atoms with Crippen LogP contribution in [0.3, 0.4) is 0 Å². The van der Waals surface area contributed by atoms with E-state index in [9.17, 15) is 4.79 Å². The first-order chi connectivity index (χ1) is 12.1. The summed E-state index contributed by atoms with van der Waals surface area (Å²) in [6.45, 7) is 9.82. The van der Waals surface area contributed by atoms with Gasteiger partial charge in [0.25, 0.3) is 5.91 Å². The lowest BCUT2D eigenvalue weighted by molar-refractivity contribution is -0.0704. The molecule has 1 aliphatic heterocycles. The maximum atomic E-state index is 12.1. The minimum absolute atomic E-state index is 0.0336. The minimum atomic E-state index is -0.0336. The summed E-state index contributed by atoms with van der Waals surface area (Å²) >= 11 is 0. The fourth-order valence-corrected chi connectivity index (χ4v) is 3.10. The van der Waals surface area contributed by atoms with Gasteiger partial charge in [-0.05, 0) is 31.5 Å². The molecule has 1 amide bonds. The quantitative estimate of drug-likeness (QED) is 0.657. The highest BCUT2D eigenvalue weighted by Crippen LogP contribution is 2.14. The van der Waals surface area contributed by atoms with Crippen LogP contribution in [0.25, 0.3) is 0 Å². The lowest BCUT2D eigenvalue weighted by Crippen LogP contribution is -2.44. The van der Waals surface area contributed by atoms with Gasteiger partial charge in [-0.3, -0.25) is 9.69 Å². The van der Waals surface area contributed by atoms with Gasteiger partial charge in [0.15, 0.2) is 0 Å². The van der Waals surface area contributed by atoms with Crippen LogP contribution >= 0.6 is 0 Å². The first kappa shape index (κ1) is 19.8. The highest BCUT2D eigenvalue weighted by molar-refractivity contribution is 5.94. The van der Waals surface area contributed by atoms with Gasteiger partial charge >= 0.3 is 0 Å². The van der Waals surface area contributed by atoms with Crippen molar-refractivity contribution in [2.24, 2.45) is 0 Å². The van der Waals surface area contributed by atoms with Crippen molar-refractivity contribution >= 4 is 5.91 Å². The van der Waals surface area contributed by atoms with Crippen molar-refractivity contribution in [3.8, 4) is 0 Å². The van der Waals surface area contributed by atoms with E-state index in [1.807, 2.05) is 24.3 Å². The van der Waals surface area contributed by atoms with E-state index in [0.29, 0.717) is 18.7 Å². The molecule has 2 atom stereocenters. The molecule has 2 unspecified atom stereocenters. The van der Waals surface area contributed by atoms with Gasteiger partial charge in [0.2, 0.25) is 0 Å². The second kappa shape index (κ2) is 10.5. The van der Waals surface area contributed by atoms with E-state index in [4.69, 9.17) is 9.47 Å². The zero-order valence-electron chi connectivity index (χ0n) is 15.6. The number of benzene rings is 1. The number of hydrogen-bond acceptors (Lipinski definition) is 5. The number of nitrogens with zero attached hydrogens (tertiary/aromatic N) is 1. The van der Waals surface area contributed by atoms with Crippen LogP contribution in [0, 0.1) is 0 Å². The molecule has 25 heavy (non-hydrogen) atoms. The number of carbonyl (C=O) groups is 1. The number of ether oxygens (including phenoxy) is 2. The van der Waals surface area contributed by atoms with E-state index < -0.39 is 0 Å². The Morgan fingerprint density at radius 2 is 1.84 bits per heavy atom. The molecule has 2 rings (SSSR count). The maximum absolute atomic E-state index is 12.1. The van der Waals surface area contributed by atoms with Gasteiger partial charge in [0.05, 0.1) is 18.8 Å². The summed E-state index contributed by atoms with van der Waals surface area (Å²) in [7, 11) is 1.67. The van der Waals surface area contributed by atoms with Crippen LogP contribution < -0.4 is 10.6 Å². The molecule has 1 saturated heterocycles. The molecule has 1 aromatic rings. The summed E-state index contributed by atoms with van der Waals surface area (Å²) < 4.78 is 10.7. The molecule has 0 saturated carbocycles. The van der Waals surface area contributed by atoms with Crippen molar-refractivity contribution in [1.82, 2.24) is 15.5 Å². The third-order valence-electron chi connectivity index (χ3n) is 4.19. The molecule has 1 aliphatic rings. The third kappa shape index (κ3) is 7.12. The lowest BCUT2D eigenvalue weighted by atomic mass is 10.1. The average molecular weight is 349 g/mol. The van der Waals surface area contributed by atoms with Crippen molar-refractivity contribution in [1.29, 1.82) is 0 Å². The number of hydrogen-bond donors (Lipinski definition) is 2. The molecule has 0 aromatic heterocycles. The van der Waals surface area contributed by atoms with Gasteiger partial charge in [0.1, 0.15) is 0 Å². The average Bonchev–Trinajstić information content (AvgIpc) is 2.57. The predicted octanol–water partition coefficient (Wildman–Crippen LogP) is 1.26. The van der Waals surface area contributed by atoms with Crippen LogP contribution in [-0.4, -0.2) is 69.5 Å². The number of amides is 1. The van der Waals surface area contributed by atoms with Crippen LogP contribution in [0.5, 0.6) is 0 Å². The van der Waals surface area contributed by atoms with Crippen LogP contribution in [0.4, 0.5) is 0 Å². The Labute approximate surface area is 150 Å². The Morgan fingerprint density at radius 1 is 1.16 bits per heavy atom. The zero-order valence-corrected chi connectivity index (χ0v) is 15.6. The van der Waals surface area contributed by atoms with Gasteiger partial charge in [-0.1, -0.05) is 12.1 Å².